The molecule has 0 spiro atoms. The number of hydrogen-bond donors (Lipinski definition) is 0. The molecule has 0 radical (unpaired) electrons. The molecule has 0 N–H and O–H groups in total. The second-order valence-corrected chi connectivity index (χ2v) is 10.1. The lowest BCUT2D eigenvalue weighted by Gasteiger charge is -2.30. The first-order valence-electron chi connectivity index (χ1n) is 10.7. The van der Waals surface area contributed by atoms with Crippen LogP contribution < -0.4 is 0 Å². The normalized spacial score (nSPS) is 15.1. The molecule has 30 heavy (non-hydrogen) atoms. The molecule has 2 aromatic heterocycles. The molecule has 148 valence electrons. The second kappa shape index (κ2) is 5.51. The summed E-state index contributed by atoms with van der Waals surface area (Å²) in [6, 6.07) is 19.8. The first-order chi connectivity index (χ1) is 14.3. The number of nitrogens with zero attached hydrogens (tertiary/aromatic N) is 1. The molecule has 3 aromatic carbocycles. The molecule has 0 fully saturated rings. The van der Waals surface area contributed by atoms with Crippen molar-refractivity contribution in [2.24, 2.45) is 0 Å². The Morgan fingerprint density at radius 1 is 0.867 bits per heavy atom. The molecule has 2 nitrogen and oxygen atoms in total. The van der Waals surface area contributed by atoms with Gasteiger partial charge in [-0.05, 0) is 33.4 Å². The van der Waals surface area contributed by atoms with Gasteiger partial charge in [-0.1, -0.05) is 83.1 Å². The van der Waals surface area contributed by atoms with Crippen LogP contribution in [0.3, 0.4) is 0 Å². The van der Waals surface area contributed by atoms with E-state index >= 15 is 0 Å². The van der Waals surface area contributed by atoms with Gasteiger partial charge in [0.15, 0.2) is 0 Å². The summed E-state index contributed by atoms with van der Waals surface area (Å²) in [6.45, 7) is 11.4. The summed E-state index contributed by atoms with van der Waals surface area (Å²) in [4.78, 5) is 4.90. The molecule has 2 heterocycles. The smallest absolute Gasteiger partial charge is 0.139 e. The van der Waals surface area contributed by atoms with Crippen LogP contribution >= 0.6 is 0 Å². The Labute approximate surface area is 176 Å². The average Bonchev–Trinajstić information content (AvgIpc) is 3.06. The molecule has 5 aromatic rings. The quantitative estimate of drug-likeness (QED) is 0.270. The van der Waals surface area contributed by atoms with E-state index in [0.29, 0.717) is 0 Å². The maximum absolute atomic E-state index is 6.52. The Balaban J connectivity index is 1.90. The second-order valence-electron chi connectivity index (χ2n) is 10.1. The first-order valence-corrected chi connectivity index (χ1v) is 10.7. The number of hydrogen-bond acceptors (Lipinski definition) is 2. The summed E-state index contributed by atoms with van der Waals surface area (Å²) in [7, 11) is 0. The molecule has 0 bridgehead atoms. The van der Waals surface area contributed by atoms with E-state index < -0.39 is 0 Å². The van der Waals surface area contributed by atoms with Crippen molar-refractivity contribution in [2.45, 2.75) is 45.4 Å². The SMILES string of the molecule is CC(C)(C)c1ccc2c3c1oc1ccnc(c13)-c1ccc3ccccc3c1C2(C)C. The van der Waals surface area contributed by atoms with Crippen molar-refractivity contribution in [3.8, 4) is 11.3 Å². The van der Waals surface area contributed by atoms with Crippen LogP contribution in [0.4, 0.5) is 0 Å². The van der Waals surface area contributed by atoms with Crippen molar-refractivity contribution in [3.63, 3.8) is 0 Å². The summed E-state index contributed by atoms with van der Waals surface area (Å²) in [6.07, 6.45) is 1.88. The molecule has 0 saturated heterocycles. The largest absolute Gasteiger partial charge is 0.456 e. The van der Waals surface area contributed by atoms with Crippen LogP contribution in [-0.2, 0) is 10.8 Å². The van der Waals surface area contributed by atoms with E-state index in [9.17, 15) is 0 Å². The van der Waals surface area contributed by atoms with Crippen LogP contribution in [0, 0.1) is 0 Å². The highest BCUT2D eigenvalue weighted by Crippen LogP contribution is 2.52. The number of aromatic nitrogens is 1. The van der Waals surface area contributed by atoms with Crippen molar-refractivity contribution in [3.05, 3.63) is 77.5 Å². The minimum Gasteiger partial charge on any atom is -0.456 e. The van der Waals surface area contributed by atoms with Crippen molar-refractivity contribution in [1.82, 2.24) is 4.98 Å². The fourth-order valence-corrected chi connectivity index (χ4v) is 5.41. The van der Waals surface area contributed by atoms with Gasteiger partial charge in [0.1, 0.15) is 11.2 Å². The highest BCUT2D eigenvalue weighted by atomic mass is 16.3. The van der Waals surface area contributed by atoms with Gasteiger partial charge in [0, 0.05) is 28.1 Å². The molecule has 1 aliphatic rings. The highest BCUT2D eigenvalue weighted by molar-refractivity contribution is 6.16. The number of furan rings is 1. The standard InChI is InChI=1S/C28H25NO/c1-27(2,3)20-13-12-19-22-23-21(30-26(20)22)14-15-29-25(23)18-11-10-16-8-6-7-9-17(16)24(18)28(19,4)5/h6-15H,1-5H3. The van der Waals surface area contributed by atoms with E-state index in [1.54, 1.807) is 0 Å². The molecule has 1 aliphatic carbocycles. The Hall–Kier alpha value is -3.13. The number of pyridine rings is 1. The molecule has 6 rings (SSSR count). The van der Waals surface area contributed by atoms with Crippen LogP contribution in [0.2, 0.25) is 0 Å². The van der Waals surface area contributed by atoms with Crippen molar-refractivity contribution >= 4 is 32.7 Å². The minimum atomic E-state index is -0.192. The maximum Gasteiger partial charge on any atom is 0.139 e. The van der Waals surface area contributed by atoms with Gasteiger partial charge in [-0.15, -0.1) is 0 Å². The Morgan fingerprint density at radius 2 is 1.67 bits per heavy atom. The zero-order valence-electron chi connectivity index (χ0n) is 18.1. The molecule has 2 heteroatoms. The lowest BCUT2D eigenvalue weighted by molar-refractivity contribution is 0.570. The zero-order valence-corrected chi connectivity index (χ0v) is 18.1. The van der Waals surface area contributed by atoms with Gasteiger partial charge in [0.25, 0.3) is 0 Å². The van der Waals surface area contributed by atoms with E-state index in [2.05, 4.69) is 83.1 Å². The van der Waals surface area contributed by atoms with Gasteiger partial charge in [0.05, 0.1) is 11.1 Å². The van der Waals surface area contributed by atoms with Crippen molar-refractivity contribution in [2.75, 3.05) is 0 Å². The van der Waals surface area contributed by atoms with Gasteiger partial charge < -0.3 is 4.42 Å². The number of benzene rings is 3. The van der Waals surface area contributed by atoms with Gasteiger partial charge >= 0.3 is 0 Å². The predicted molar refractivity (Wildman–Crippen MR) is 125 cm³/mol. The lowest BCUT2D eigenvalue weighted by Crippen LogP contribution is -2.21. The van der Waals surface area contributed by atoms with Crippen LogP contribution in [0.15, 0.2) is 65.2 Å². The summed E-state index contributed by atoms with van der Waals surface area (Å²) in [5.41, 5.74) is 7.88. The third-order valence-electron chi connectivity index (χ3n) is 6.82. The fraction of sp³-hybridized carbons (Fsp3) is 0.250. The number of rotatable bonds is 0. The van der Waals surface area contributed by atoms with Crippen LogP contribution in [0.5, 0.6) is 0 Å². The third kappa shape index (κ3) is 2.11. The van der Waals surface area contributed by atoms with Crippen molar-refractivity contribution in [1.29, 1.82) is 0 Å². The van der Waals surface area contributed by atoms with E-state index in [0.717, 1.165) is 22.2 Å². The monoisotopic (exact) mass is 391 g/mol. The Morgan fingerprint density at radius 3 is 2.47 bits per heavy atom. The summed E-state index contributed by atoms with van der Waals surface area (Å²) >= 11 is 0. The average molecular weight is 392 g/mol. The third-order valence-corrected chi connectivity index (χ3v) is 6.82. The number of fused-ring (bicyclic) bond motifs is 4. The molecule has 0 atom stereocenters. The zero-order chi connectivity index (χ0) is 20.8. The van der Waals surface area contributed by atoms with E-state index in [1.165, 1.54) is 38.4 Å². The summed E-state index contributed by atoms with van der Waals surface area (Å²) in [5, 5.41) is 4.95. The highest BCUT2D eigenvalue weighted by Gasteiger charge is 2.37. The van der Waals surface area contributed by atoms with Gasteiger partial charge in [0.2, 0.25) is 0 Å². The van der Waals surface area contributed by atoms with Crippen LogP contribution in [-0.4, -0.2) is 4.98 Å². The molecular formula is C28H25NO. The predicted octanol–water partition coefficient (Wildman–Crippen LogP) is 7.74. The van der Waals surface area contributed by atoms with Crippen LogP contribution in [0.25, 0.3) is 44.0 Å². The van der Waals surface area contributed by atoms with Crippen LogP contribution in [0.1, 0.15) is 51.3 Å². The minimum absolute atomic E-state index is 0.00397. The topological polar surface area (TPSA) is 26.0 Å². The maximum atomic E-state index is 6.52. The lowest BCUT2D eigenvalue weighted by atomic mass is 9.73. The van der Waals surface area contributed by atoms with Gasteiger partial charge in [-0.3, -0.25) is 4.98 Å². The summed E-state index contributed by atoms with van der Waals surface area (Å²) < 4.78 is 6.52. The molecule has 0 unspecified atom stereocenters. The Kier molecular flexibility index (Phi) is 3.25. The van der Waals surface area contributed by atoms with E-state index in [4.69, 9.17) is 9.40 Å². The van der Waals surface area contributed by atoms with Crippen molar-refractivity contribution < 1.29 is 4.42 Å². The molecule has 0 amide bonds. The molecule has 0 aliphatic heterocycles. The Bertz CT molecular complexity index is 1490. The first kappa shape index (κ1) is 17.7. The molecule has 0 saturated carbocycles. The van der Waals surface area contributed by atoms with Gasteiger partial charge in [-0.25, -0.2) is 0 Å². The van der Waals surface area contributed by atoms with Gasteiger partial charge in [-0.2, -0.15) is 0 Å². The van der Waals surface area contributed by atoms with E-state index in [1.807, 2.05) is 12.3 Å². The summed E-state index contributed by atoms with van der Waals surface area (Å²) in [5.74, 6) is 0. The molecular weight excluding hydrogens is 366 g/mol. The van der Waals surface area contributed by atoms with E-state index in [-0.39, 0.29) is 10.8 Å². The fourth-order valence-electron chi connectivity index (χ4n) is 5.41.